The average Bonchev–Trinajstić information content (AvgIpc) is 3.37. The van der Waals surface area contributed by atoms with Crippen molar-refractivity contribution < 1.29 is 9.59 Å². The van der Waals surface area contributed by atoms with Crippen molar-refractivity contribution >= 4 is 46.1 Å². The van der Waals surface area contributed by atoms with Crippen molar-refractivity contribution in [2.24, 2.45) is 0 Å². The molecule has 0 aliphatic carbocycles. The molecule has 2 N–H and O–H groups in total. The van der Waals surface area contributed by atoms with E-state index < -0.39 is 6.04 Å². The SMILES string of the molecule is CC(=O)N1CSC[C@@H]1C(=O)NC[C@@H](c1ccccc1Cl)c1c[nH]c2ccccc12. The number of halogens is 1. The third-order valence-corrected chi connectivity index (χ3v) is 6.70. The summed E-state index contributed by atoms with van der Waals surface area (Å²) in [4.78, 5) is 29.6. The third kappa shape index (κ3) is 4.00. The summed E-state index contributed by atoms with van der Waals surface area (Å²) in [6.45, 7) is 1.90. The second-order valence-corrected chi connectivity index (χ2v) is 8.52. The van der Waals surface area contributed by atoms with Crippen LogP contribution in [-0.4, -0.2) is 45.9 Å². The number of H-pyrrole nitrogens is 1. The van der Waals surface area contributed by atoms with Crippen molar-refractivity contribution in [2.75, 3.05) is 18.2 Å². The summed E-state index contributed by atoms with van der Waals surface area (Å²) in [5, 5.41) is 4.84. The van der Waals surface area contributed by atoms with Crippen LogP contribution < -0.4 is 5.32 Å². The molecule has 1 aliphatic heterocycles. The molecule has 1 fully saturated rings. The van der Waals surface area contributed by atoms with Gasteiger partial charge in [-0.15, -0.1) is 11.8 Å². The number of hydrogen-bond acceptors (Lipinski definition) is 3. The molecule has 4 rings (SSSR count). The number of nitrogens with one attached hydrogen (secondary N) is 2. The van der Waals surface area contributed by atoms with Gasteiger partial charge in [0, 0.05) is 47.3 Å². The standard InChI is InChI=1S/C22H22ClN3O2S/c1-14(27)26-13-29-12-21(26)22(28)25-11-17(15-6-2-4-8-19(15)23)18-10-24-20-9-5-3-7-16(18)20/h2-10,17,21,24H,11-13H2,1H3,(H,25,28)/t17-,21+/m0/s1. The van der Waals surface area contributed by atoms with Crippen LogP contribution >= 0.6 is 23.4 Å². The molecule has 2 amide bonds. The van der Waals surface area contributed by atoms with Crippen molar-refractivity contribution in [3.05, 3.63) is 70.9 Å². The van der Waals surface area contributed by atoms with E-state index in [1.807, 2.05) is 48.7 Å². The van der Waals surface area contributed by atoms with E-state index in [-0.39, 0.29) is 17.7 Å². The smallest absolute Gasteiger partial charge is 0.243 e. The van der Waals surface area contributed by atoms with E-state index >= 15 is 0 Å². The van der Waals surface area contributed by atoms with E-state index in [1.54, 1.807) is 16.7 Å². The molecule has 2 aromatic carbocycles. The van der Waals surface area contributed by atoms with Crippen LogP contribution in [0.2, 0.25) is 5.02 Å². The van der Waals surface area contributed by atoms with Crippen LogP contribution in [0.5, 0.6) is 0 Å². The topological polar surface area (TPSA) is 65.2 Å². The molecular weight excluding hydrogens is 406 g/mol. The van der Waals surface area contributed by atoms with Crippen LogP contribution in [0.4, 0.5) is 0 Å². The number of para-hydroxylation sites is 1. The number of fused-ring (bicyclic) bond motifs is 1. The highest BCUT2D eigenvalue weighted by Crippen LogP contribution is 2.34. The summed E-state index contributed by atoms with van der Waals surface area (Å²) < 4.78 is 0. The maximum Gasteiger partial charge on any atom is 0.243 e. The monoisotopic (exact) mass is 427 g/mol. The number of benzene rings is 2. The van der Waals surface area contributed by atoms with Gasteiger partial charge in [0.2, 0.25) is 11.8 Å². The zero-order valence-electron chi connectivity index (χ0n) is 16.0. The van der Waals surface area contributed by atoms with Gasteiger partial charge in [-0.3, -0.25) is 9.59 Å². The van der Waals surface area contributed by atoms with Crippen LogP contribution in [-0.2, 0) is 9.59 Å². The van der Waals surface area contributed by atoms with E-state index in [0.717, 1.165) is 22.0 Å². The molecule has 0 radical (unpaired) electrons. The van der Waals surface area contributed by atoms with Crippen molar-refractivity contribution in [1.29, 1.82) is 0 Å². The fraction of sp³-hybridized carbons (Fsp3) is 0.273. The minimum atomic E-state index is -0.424. The lowest BCUT2D eigenvalue weighted by Crippen LogP contribution is -2.47. The van der Waals surface area contributed by atoms with Crippen LogP contribution in [0, 0.1) is 0 Å². The lowest BCUT2D eigenvalue weighted by molar-refractivity contribution is -0.136. The number of nitrogens with zero attached hydrogens (tertiary/aromatic N) is 1. The highest BCUT2D eigenvalue weighted by Gasteiger charge is 2.33. The van der Waals surface area contributed by atoms with Gasteiger partial charge >= 0.3 is 0 Å². The first-order valence-electron chi connectivity index (χ1n) is 9.49. The Morgan fingerprint density at radius 2 is 1.97 bits per heavy atom. The summed E-state index contributed by atoms with van der Waals surface area (Å²) in [7, 11) is 0. The Morgan fingerprint density at radius 1 is 1.21 bits per heavy atom. The lowest BCUT2D eigenvalue weighted by Gasteiger charge is -2.24. The first-order valence-corrected chi connectivity index (χ1v) is 11.0. The van der Waals surface area contributed by atoms with Gasteiger partial charge in [-0.1, -0.05) is 48.0 Å². The van der Waals surface area contributed by atoms with Crippen molar-refractivity contribution in [1.82, 2.24) is 15.2 Å². The molecule has 3 aromatic rings. The van der Waals surface area contributed by atoms with Crippen molar-refractivity contribution in [3.8, 4) is 0 Å². The first-order chi connectivity index (χ1) is 14.1. The Labute approximate surface area is 178 Å². The third-order valence-electron chi connectivity index (χ3n) is 5.35. The Kier molecular flexibility index (Phi) is 5.83. The molecule has 2 heterocycles. The second kappa shape index (κ2) is 8.51. The molecule has 5 nitrogen and oxygen atoms in total. The lowest BCUT2D eigenvalue weighted by atomic mass is 9.90. The second-order valence-electron chi connectivity index (χ2n) is 7.11. The first kappa shape index (κ1) is 19.9. The van der Waals surface area contributed by atoms with Crippen LogP contribution in [0.1, 0.15) is 24.0 Å². The normalized spacial score (nSPS) is 17.4. The van der Waals surface area contributed by atoms with Gasteiger partial charge in [0.15, 0.2) is 0 Å². The maximum atomic E-state index is 12.9. The fourth-order valence-corrected chi connectivity index (χ4v) is 5.30. The van der Waals surface area contributed by atoms with Gasteiger partial charge in [-0.25, -0.2) is 0 Å². The number of rotatable bonds is 5. The number of carbonyl (C=O) groups is 2. The number of aromatic amines is 1. The molecule has 150 valence electrons. The highest BCUT2D eigenvalue weighted by atomic mass is 35.5. The number of hydrogen-bond donors (Lipinski definition) is 2. The van der Waals surface area contributed by atoms with Crippen LogP contribution in [0.3, 0.4) is 0 Å². The fourth-order valence-electron chi connectivity index (χ4n) is 3.82. The van der Waals surface area contributed by atoms with Crippen LogP contribution in [0.15, 0.2) is 54.7 Å². The Balaban J connectivity index is 1.62. The van der Waals surface area contributed by atoms with E-state index in [1.165, 1.54) is 6.92 Å². The number of aromatic nitrogens is 1. The average molecular weight is 428 g/mol. The van der Waals surface area contributed by atoms with Gasteiger partial charge in [0.25, 0.3) is 0 Å². The van der Waals surface area contributed by atoms with Gasteiger partial charge in [0.1, 0.15) is 6.04 Å². The van der Waals surface area contributed by atoms with Crippen molar-refractivity contribution in [2.45, 2.75) is 18.9 Å². The number of carbonyl (C=O) groups excluding carboxylic acids is 2. The van der Waals surface area contributed by atoms with Gasteiger partial charge in [0.05, 0.1) is 5.88 Å². The Morgan fingerprint density at radius 3 is 2.76 bits per heavy atom. The molecular formula is C22H22ClN3O2S. The minimum Gasteiger partial charge on any atom is -0.361 e. The van der Waals surface area contributed by atoms with E-state index in [4.69, 9.17) is 11.6 Å². The molecule has 0 saturated carbocycles. The van der Waals surface area contributed by atoms with E-state index in [9.17, 15) is 9.59 Å². The van der Waals surface area contributed by atoms with E-state index in [2.05, 4.69) is 16.4 Å². The van der Waals surface area contributed by atoms with Gasteiger partial charge in [-0.05, 0) is 23.3 Å². The summed E-state index contributed by atoms with van der Waals surface area (Å²) in [5.74, 6) is 0.874. The molecule has 1 aromatic heterocycles. The van der Waals surface area contributed by atoms with Crippen LogP contribution in [0.25, 0.3) is 10.9 Å². The van der Waals surface area contributed by atoms with Gasteiger partial charge in [-0.2, -0.15) is 0 Å². The molecule has 1 saturated heterocycles. The number of amides is 2. The molecule has 0 bridgehead atoms. The maximum absolute atomic E-state index is 12.9. The highest BCUT2D eigenvalue weighted by molar-refractivity contribution is 7.99. The molecule has 1 aliphatic rings. The van der Waals surface area contributed by atoms with Gasteiger partial charge < -0.3 is 15.2 Å². The predicted octanol–water partition coefficient (Wildman–Crippen LogP) is 3.99. The number of thioether (sulfide) groups is 1. The molecule has 29 heavy (non-hydrogen) atoms. The Bertz CT molecular complexity index is 1050. The molecule has 0 unspecified atom stereocenters. The zero-order valence-corrected chi connectivity index (χ0v) is 17.6. The summed E-state index contributed by atoms with van der Waals surface area (Å²) in [5.41, 5.74) is 3.09. The summed E-state index contributed by atoms with van der Waals surface area (Å²) in [6.07, 6.45) is 1.98. The van der Waals surface area contributed by atoms with Crippen molar-refractivity contribution in [3.63, 3.8) is 0 Å². The van der Waals surface area contributed by atoms with E-state index in [0.29, 0.717) is 23.2 Å². The molecule has 2 atom stereocenters. The minimum absolute atomic E-state index is 0.0746. The predicted molar refractivity (Wildman–Crippen MR) is 118 cm³/mol. The summed E-state index contributed by atoms with van der Waals surface area (Å²) >= 11 is 8.11. The molecule has 7 heteroatoms. The summed E-state index contributed by atoms with van der Waals surface area (Å²) in [6, 6.07) is 15.4. The quantitative estimate of drug-likeness (QED) is 0.647. The largest absolute Gasteiger partial charge is 0.361 e. The molecule has 0 spiro atoms. The zero-order chi connectivity index (χ0) is 20.4. The Hall–Kier alpha value is -2.44.